The highest BCUT2D eigenvalue weighted by molar-refractivity contribution is 14.1. The second-order valence-corrected chi connectivity index (χ2v) is 5.82. The first-order chi connectivity index (χ1) is 9.93. The van der Waals surface area contributed by atoms with Gasteiger partial charge in [-0.1, -0.05) is 0 Å². The van der Waals surface area contributed by atoms with Crippen LogP contribution in [0.15, 0.2) is 24.3 Å². The van der Waals surface area contributed by atoms with E-state index in [1.165, 1.54) is 7.11 Å². The molecule has 0 aliphatic heterocycles. The number of benzene rings is 1. The Kier molecular flexibility index (Phi) is 4.66. The predicted octanol–water partition coefficient (Wildman–Crippen LogP) is 3.28. The summed E-state index contributed by atoms with van der Waals surface area (Å²) in [4.78, 5) is 27.0. The van der Waals surface area contributed by atoms with Crippen molar-refractivity contribution in [3.8, 4) is 0 Å². The molecule has 0 saturated heterocycles. The van der Waals surface area contributed by atoms with Gasteiger partial charge < -0.3 is 15.0 Å². The number of H-pyrrole nitrogens is 1. The molecule has 2 N–H and O–H groups in total. The van der Waals surface area contributed by atoms with Crippen LogP contribution in [0.4, 0.5) is 5.69 Å². The fourth-order valence-electron chi connectivity index (χ4n) is 2.11. The van der Waals surface area contributed by atoms with Crippen molar-refractivity contribution in [3.63, 3.8) is 0 Å². The number of rotatable bonds is 3. The van der Waals surface area contributed by atoms with Crippen molar-refractivity contribution in [1.82, 2.24) is 4.98 Å². The van der Waals surface area contributed by atoms with E-state index < -0.39 is 5.97 Å². The molecular formula is C15H15IN2O3. The van der Waals surface area contributed by atoms with E-state index in [4.69, 9.17) is 4.74 Å². The maximum atomic E-state index is 12.3. The van der Waals surface area contributed by atoms with Gasteiger partial charge in [-0.05, 0) is 66.3 Å². The van der Waals surface area contributed by atoms with Crippen LogP contribution in [0.5, 0.6) is 0 Å². The topological polar surface area (TPSA) is 71.2 Å². The Morgan fingerprint density at radius 2 is 1.81 bits per heavy atom. The SMILES string of the molecule is COC(=O)c1c(C)[nH]c(C(=O)Nc2ccc(I)cc2)c1C. The van der Waals surface area contributed by atoms with Gasteiger partial charge in [0.15, 0.2) is 0 Å². The summed E-state index contributed by atoms with van der Waals surface area (Å²) in [5.41, 5.74) is 2.68. The fourth-order valence-corrected chi connectivity index (χ4v) is 2.47. The van der Waals surface area contributed by atoms with E-state index in [1.807, 2.05) is 24.3 Å². The van der Waals surface area contributed by atoms with Gasteiger partial charge in [-0.15, -0.1) is 0 Å². The Hall–Kier alpha value is -1.83. The molecule has 0 saturated carbocycles. The number of hydrogen-bond donors (Lipinski definition) is 2. The summed E-state index contributed by atoms with van der Waals surface area (Å²) in [6.07, 6.45) is 0. The molecule has 1 amide bonds. The van der Waals surface area contributed by atoms with E-state index in [-0.39, 0.29) is 5.91 Å². The predicted molar refractivity (Wildman–Crippen MR) is 88.7 cm³/mol. The van der Waals surface area contributed by atoms with Crippen LogP contribution in [0, 0.1) is 17.4 Å². The molecule has 0 aliphatic carbocycles. The lowest BCUT2D eigenvalue weighted by atomic mass is 10.1. The van der Waals surface area contributed by atoms with Gasteiger partial charge in [0, 0.05) is 15.0 Å². The third-order valence-corrected chi connectivity index (χ3v) is 3.88. The van der Waals surface area contributed by atoms with E-state index in [2.05, 4.69) is 32.9 Å². The Bertz CT molecular complexity index is 690. The van der Waals surface area contributed by atoms with Crippen molar-refractivity contribution in [1.29, 1.82) is 0 Å². The third kappa shape index (κ3) is 3.26. The summed E-state index contributed by atoms with van der Waals surface area (Å²) in [5, 5.41) is 2.80. The van der Waals surface area contributed by atoms with E-state index in [0.29, 0.717) is 28.2 Å². The lowest BCUT2D eigenvalue weighted by Crippen LogP contribution is -2.14. The minimum atomic E-state index is -0.449. The molecule has 0 radical (unpaired) electrons. The number of carbonyl (C=O) groups excluding carboxylic acids is 2. The number of aromatic nitrogens is 1. The lowest BCUT2D eigenvalue weighted by molar-refractivity contribution is 0.0599. The lowest BCUT2D eigenvalue weighted by Gasteiger charge is -2.05. The number of esters is 1. The standard InChI is InChI=1S/C15H15IN2O3/c1-8-12(15(20)21-3)9(2)17-13(8)14(19)18-11-6-4-10(16)5-7-11/h4-7,17H,1-3H3,(H,18,19). The Balaban J connectivity index is 2.28. The summed E-state index contributed by atoms with van der Waals surface area (Å²) in [6.45, 7) is 3.46. The average molecular weight is 398 g/mol. The van der Waals surface area contributed by atoms with Gasteiger partial charge in [-0.25, -0.2) is 4.79 Å². The molecule has 2 rings (SSSR count). The zero-order valence-electron chi connectivity index (χ0n) is 11.9. The molecule has 1 aromatic heterocycles. The number of nitrogens with one attached hydrogen (secondary N) is 2. The molecule has 0 unspecified atom stereocenters. The number of anilines is 1. The van der Waals surface area contributed by atoms with Gasteiger partial charge in [0.25, 0.3) is 5.91 Å². The first-order valence-electron chi connectivity index (χ1n) is 6.28. The second kappa shape index (κ2) is 6.30. The van der Waals surface area contributed by atoms with Gasteiger partial charge in [0.05, 0.1) is 12.7 Å². The molecule has 110 valence electrons. The number of carbonyl (C=O) groups is 2. The zero-order chi connectivity index (χ0) is 15.6. The van der Waals surface area contributed by atoms with Crippen LogP contribution in [-0.4, -0.2) is 24.0 Å². The van der Waals surface area contributed by atoms with Crippen molar-refractivity contribution >= 4 is 40.2 Å². The molecule has 5 nitrogen and oxygen atoms in total. The second-order valence-electron chi connectivity index (χ2n) is 4.58. The first kappa shape index (κ1) is 15.6. The van der Waals surface area contributed by atoms with Crippen molar-refractivity contribution in [2.45, 2.75) is 13.8 Å². The number of aryl methyl sites for hydroxylation is 1. The van der Waals surface area contributed by atoms with Gasteiger partial charge >= 0.3 is 5.97 Å². The van der Waals surface area contributed by atoms with Gasteiger partial charge in [0.1, 0.15) is 5.69 Å². The van der Waals surface area contributed by atoms with Crippen molar-refractivity contribution in [3.05, 3.63) is 50.4 Å². The molecule has 0 spiro atoms. The largest absolute Gasteiger partial charge is 0.465 e. The highest BCUT2D eigenvalue weighted by atomic mass is 127. The molecule has 0 fully saturated rings. The molecule has 21 heavy (non-hydrogen) atoms. The third-order valence-electron chi connectivity index (χ3n) is 3.16. The van der Waals surface area contributed by atoms with Gasteiger partial charge in [0.2, 0.25) is 0 Å². The highest BCUT2D eigenvalue weighted by Gasteiger charge is 2.22. The Morgan fingerprint density at radius 1 is 1.19 bits per heavy atom. The fraction of sp³-hybridized carbons (Fsp3) is 0.200. The molecule has 1 heterocycles. The Labute approximate surface area is 136 Å². The number of hydrogen-bond acceptors (Lipinski definition) is 3. The van der Waals surface area contributed by atoms with Gasteiger partial charge in [-0.2, -0.15) is 0 Å². The normalized spacial score (nSPS) is 10.3. The first-order valence-corrected chi connectivity index (χ1v) is 7.36. The quantitative estimate of drug-likeness (QED) is 0.616. The van der Waals surface area contributed by atoms with Crippen LogP contribution >= 0.6 is 22.6 Å². The average Bonchev–Trinajstić information content (AvgIpc) is 2.76. The molecule has 1 aromatic carbocycles. The van der Waals surface area contributed by atoms with Crippen LogP contribution in [0.2, 0.25) is 0 Å². The minimum absolute atomic E-state index is 0.285. The molecule has 2 aromatic rings. The van der Waals surface area contributed by atoms with Crippen LogP contribution in [-0.2, 0) is 4.74 Å². The van der Waals surface area contributed by atoms with E-state index >= 15 is 0 Å². The van der Waals surface area contributed by atoms with E-state index in [0.717, 1.165) is 3.57 Å². The number of aromatic amines is 1. The molecular weight excluding hydrogens is 383 g/mol. The number of halogens is 1. The maximum Gasteiger partial charge on any atom is 0.339 e. The number of amides is 1. The van der Waals surface area contributed by atoms with Crippen LogP contribution in [0.1, 0.15) is 32.1 Å². The van der Waals surface area contributed by atoms with Crippen molar-refractivity contribution < 1.29 is 14.3 Å². The van der Waals surface area contributed by atoms with Crippen LogP contribution < -0.4 is 5.32 Å². The summed E-state index contributed by atoms with van der Waals surface area (Å²) < 4.78 is 5.82. The van der Waals surface area contributed by atoms with E-state index in [9.17, 15) is 9.59 Å². The van der Waals surface area contributed by atoms with Gasteiger partial charge in [-0.3, -0.25) is 4.79 Å². The maximum absolute atomic E-state index is 12.3. The number of ether oxygens (including phenoxy) is 1. The monoisotopic (exact) mass is 398 g/mol. The summed E-state index contributed by atoms with van der Waals surface area (Å²) in [6, 6.07) is 7.46. The molecule has 0 aliphatic rings. The highest BCUT2D eigenvalue weighted by Crippen LogP contribution is 2.20. The van der Waals surface area contributed by atoms with E-state index in [1.54, 1.807) is 13.8 Å². The minimum Gasteiger partial charge on any atom is -0.465 e. The van der Waals surface area contributed by atoms with Crippen LogP contribution in [0.3, 0.4) is 0 Å². The Morgan fingerprint density at radius 3 is 2.38 bits per heavy atom. The number of methoxy groups -OCH3 is 1. The summed E-state index contributed by atoms with van der Waals surface area (Å²) >= 11 is 2.20. The summed E-state index contributed by atoms with van der Waals surface area (Å²) in [7, 11) is 1.32. The zero-order valence-corrected chi connectivity index (χ0v) is 14.1. The molecule has 6 heteroatoms. The smallest absolute Gasteiger partial charge is 0.339 e. The molecule has 0 bridgehead atoms. The van der Waals surface area contributed by atoms with Crippen LogP contribution in [0.25, 0.3) is 0 Å². The van der Waals surface area contributed by atoms with Crippen molar-refractivity contribution in [2.24, 2.45) is 0 Å². The summed E-state index contributed by atoms with van der Waals surface area (Å²) in [5.74, 6) is -0.735. The van der Waals surface area contributed by atoms with Crippen molar-refractivity contribution in [2.75, 3.05) is 12.4 Å². The molecule has 0 atom stereocenters.